The fourth-order valence-electron chi connectivity index (χ4n) is 1.44. The van der Waals surface area contributed by atoms with Crippen LogP contribution in [-0.2, 0) is 6.54 Å². The van der Waals surface area contributed by atoms with Gasteiger partial charge in [-0.05, 0) is 24.6 Å². The van der Waals surface area contributed by atoms with Gasteiger partial charge in [0.15, 0.2) is 0 Å². The maximum absolute atomic E-state index is 13.4. The predicted molar refractivity (Wildman–Crippen MR) is 69.7 cm³/mol. The van der Waals surface area contributed by atoms with Crippen LogP contribution in [0.5, 0.6) is 6.01 Å². The van der Waals surface area contributed by atoms with Crippen LogP contribution in [0.4, 0.5) is 14.7 Å². The van der Waals surface area contributed by atoms with Crippen LogP contribution in [0.1, 0.15) is 12.5 Å². The zero-order chi connectivity index (χ0) is 14.5. The van der Waals surface area contributed by atoms with Crippen molar-refractivity contribution in [2.45, 2.75) is 13.5 Å². The lowest BCUT2D eigenvalue weighted by Crippen LogP contribution is -2.08. The van der Waals surface area contributed by atoms with E-state index in [1.807, 2.05) is 0 Å². The lowest BCUT2D eigenvalue weighted by atomic mass is 10.2. The van der Waals surface area contributed by atoms with Crippen molar-refractivity contribution in [3.63, 3.8) is 0 Å². The van der Waals surface area contributed by atoms with E-state index < -0.39 is 11.6 Å². The highest BCUT2D eigenvalue weighted by atomic mass is 35.5. The number of anilines is 1. The Morgan fingerprint density at radius 2 is 2.05 bits per heavy atom. The summed E-state index contributed by atoms with van der Waals surface area (Å²) < 4.78 is 31.3. The number of benzene rings is 1. The number of halogens is 3. The van der Waals surface area contributed by atoms with Crippen molar-refractivity contribution in [2.75, 3.05) is 11.9 Å². The van der Waals surface area contributed by atoms with Crippen molar-refractivity contribution in [3.8, 4) is 6.01 Å². The Labute approximate surface area is 119 Å². The van der Waals surface area contributed by atoms with Gasteiger partial charge in [-0.2, -0.15) is 15.0 Å². The molecule has 0 atom stereocenters. The zero-order valence-electron chi connectivity index (χ0n) is 10.5. The normalized spacial score (nSPS) is 10.4. The third-order valence-corrected chi connectivity index (χ3v) is 2.48. The van der Waals surface area contributed by atoms with Gasteiger partial charge in [-0.3, -0.25) is 0 Å². The first kappa shape index (κ1) is 14.4. The van der Waals surface area contributed by atoms with Crippen LogP contribution in [0.3, 0.4) is 0 Å². The molecule has 0 spiro atoms. The van der Waals surface area contributed by atoms with E-state index in [0.717, 1.165) is 6.07 Å². The second-order valence-electron chi connectivity index (χ2n) is 3.73. The first-order valence-corrected chi connectivity index (χ1v) is 6.18. The van der Waals surface area contributed by atoms with Gasteiger partial charge in [0, 0.05) is 18.2 Å². The molecule has 2 rings (SSSR count). The van der Waals surface area contributed by atoms with Gasteiger partial charge in [-0.1, -0.05) is 6.07 Å². The molecule has 0 fully saturated rings. The van der Waals surface area contributed by atoms with Gasteiger partial charge < -0.3 is 10.1 Å². The Bertz CT molecular complexity index is 612. The number of rotatable bonds is 5. The van der Waals surface area contributed by atoms with Crippen molar-refractivity contribution >= 4 is 17.5 Å². The molecule has 1 aromatic heterocycles. The van der Waals surface area contributed by atoms with Crippen molar-refractivity contribution < 1.29 is 13.5 Å². The van der Waals surface area contributed by atoms with Crippen molar-refractivity contribution in [3.05, 3.63) is 40.7 Å². The van der Waals surface area contributed by atoms with Crippen molar-refractivity contribution in [1.82, 2.24) is 15.0 Å². The summed E-state index contributed by atoms with van der Waals surface area (Å²) in [4.78, 5) is 11.5. The maximum Gasteiger partial charge on any atom is 0.322 e. The molecule has 8 heteroatoms. The molecule has 0 bridgehead atoms. The molecule has 20 heavy (non-hydrogen) atoms. The first-order valence-electron chi connectivity index (χ1n) is 5.80. The topological polar surface area (TPSA) is 59.9 Å². The number of ether oxygens (including phenoxy) is 1. The largest absolute Gasteiger partial charge is 0.464 e. The third kappa shape index (κ3) is 3.74. The van der Waals surface area contributed by atoms with E-state index in [1.165, 1.54) is 12.1 Å². The molecule has 0 aliphatic rings. The summed E-state index contributed by atoms with van der Waals surface area (Å²) in [6.07, 6.45) is 0. The lowest BCUT2D eigenvalue weighted by molar-refractivity contribution is 0.312. The second-order valence-corrected chi connectivity index (χ2v) is 4.07. The summed E-state index contributed by atoms with van der Waals surface area (Å²) in [7, 11) is 0. The fraction of sp³-hybridized carbons (Fsp3) is 0.250. The highest BCUT2D eigenvalue weighted by Gasteiger charge is 2.08. The maximum atomic E-state index is 13.4. The van der Waals surface area contributed by atoms with Crippen LogP contribution in [0, 0.1) is 11.6 Å². The van der Waals surface area contributed by atoms with Crippen LogP contribution >= 0.6 is 11.6 Å². The molecular formula is C12H11ClF2N4O. The molecule has 1 aromatic carbocycles. The minimum Gasteiger partial charge on any atom is -0.464 e. The van der Waals surface area contributed by atoms with Gasteiger partial charge in [0.2, 0.25) is 11.2 Å². The van der Waals surface area contributed by atoms with E-state index in [9.17, 15) is 8.78 Å². The minimum atomic E-state index is -0.650. The van der Waals surface area contributed by atoms with Crippen LogP contribution in [0.2, 0.25) is 5.28 Å². The molecule has 1 N–H and O–H groups in total. The summed E-state index contributed by atoms with van der Waals surface area (Å²) in [5.41, 5.74) is 0.279. The Morgan fingerprint density at radius 1 is 1.25 bits per heavy atom. The van der Waals surface area contributed by atoms with Crippen LogP contribution in [-0.4, -0.2) is 21.6 Å². The second kappa shape index (κ2) is 6.42. The van der Waals surface area contributed by atoms with E-state index in [1.54, 1.807) is 6.92 Å². The fourth-order valence-corrected chi connectivity index (χ4v) is 1.60. The summed E-state index contributed by atoms with van der Waals surface area (Å²) in [6, 6.07) is 3.40. The van der Waals surface area contributed by atoms with Crippen LogP contribution in [0.15, 0.2) is 18.2 Å². The van der Waals surface area contributed by atoms with Gasteiger partial charge in [0.1, 0.15) is 11.6 Å². The molecule has 0 saturated carbocycles. The zero-order valence-corrected chi connectivity index (χ0v) is 11.3. The molecule has 0 saturated heterocycles. The smallest absolute Gasteiger partial charge is 0.322 e. The first-order chi connectivity index (χ1) is 9.58. The summed E-state index contributed by atoms with van der Waals surface area (Å²) >= 11 is 5.71. The highest BCUT2D eigenvalue weighted by Crippen LogP contribution is 2.14. The molecule has 0 unspecified atom stereocenters. The van der Waals surface area contributed by atoms with Crippen LogP contribution < -0.4 is 10.1 Å². The highest BCUT2D eigenvalue weighted by molar-refractivity contribution is 6.28. The number of nitrogens with zero attached hydrogens (tertiary/aromatic N) is 3. The SMILES string of the molecule is CCOc1nc(Cl)nc(NCc2ccc(F)cc2F)n1. The van der Waals surface area contributed by atoms with E-state index in [-0.39, 0.29) is 29.4 Å². The molecule has 1 heterocycles. The number of hydrogen-bond acceptors (Lipinski definition) is 5. The van der Waals surface area contributed by atoms with Gasteiger partial charge >= 0.3 is 6.01 Å². The summed E-state index contributed by atoms with van der Waals surface area (Å²) in [6.45, 7) is 2.24. The summed E-state index contributed by atoms with van der Waals surface area (Å²) in [5, 5.41) is 2.74. The molecule has 0 radical (unpaired) electrons. The lowest BCUT2D eigenvalue weighted by Gasteiger charge is -2.07. The summed E-state index contributed by atoms with van der Waals surface area (Å²) in [5.74, 6) is -1.13. The van der Waals surface area contributed by atoms with Crippen LogP contribution in [0.25, 0.3) is 0 Å². The molecule has 0 aliphatic heterocycles. The number of hydrogen-bond donors (Lipinski definition) is 1. The molecule has 0 amide bonds. The van der Waals surface area contributed by atoms with Gasteiger partial charge in [-0.25, -0.2) is 8.78 Å². The number of aromatic nitrogens is 3. The molecule has 2 aromatic rings. The van der Waals surface area contributed by atoms with Crippen molar-refractivity contribution in [2.24, 2.45) is 0 Å². The Kier molecular flexibility index (Phi) is 4.62. The average molecular weight is 301 g/mol. The Hall–Kier alpha value is -2.02. The molecular weight excluding hydrogens is 290 g/mol. The predicted octanol–water partition coefficient (Wildman–Crippen LogP) is 2.81. The number of nitrogens with one attached hydrogen (secondary N) is 1. The Balaban J connectivity index is 2.10. The Morgan fingerprint density at radius 3 is 2.75 bits per heavy atom. The van der Waals surface area contributed by atoms with E-state index in [2.05, 4.69) is 20.3 Å². The molecule has 0 aliphatic carbocycles. The molecule has 5 nitrogen and oxygen atoms in total. The standard InChI is InChI=1S/C12H11ClF2N4O/c1-2-20-12-18-10(13)17-11(19-12)16-6-7-3-4-8(14)5-9(7)15/h3-5H,2,6H2,1H3,(H,16,17,18,19). The average Bonchev–Trinajstić information content (AvgIpc) is 2.37. The quantitative estimate of drug-likeness (QED) is 0.920. The van der Waals surface area contributed by atoms with E-state index >= 15 is 0 Å². The van der Waals surface area contributed by atoms with Crippen molar-refractivity contribution in [1.29, 1.82) is 0 Å². The minimum absolute atomic E-state index is 0.0365. The molecule has 106 valence electrons. The van der Waals surface area contributed by atoms with Gasteiger partial charge in [0.05, 0.1) is 6.61 Å². The van der Waals surface area contributed by atoms with Gasteiger partial charge in [-0.15, -0.1) is 0 Å². The monoisotopic (exact) mass is 300 g/mol. The van der Waals surface area contributed by atoms with Gasteiger partial charge in [0.25, 0.3) is 0 Å². The van der Waals surface area contributed by atoms with E-state index in [4.69, 9.17) is 16.3 Å². The van der Waals surface area contributed by atoms with E-state index in [0.29, 0.717) is 6.61 Å². The third-order valence-electron chi connectivity index (χ3n) is 2.31.